The molecule has 3 heterocycles. The third-order valence-corrected chi connectivity index (χ3v) is 5.60. The van der Waals surface area contributed by atoms with Gasteiger partial charge in [0, 0.05) is 43.3 Å². The number of pyridine rings is 1. The van der Waals surface area contributed by atoms with Crippen molar-refractivity contribution in [1.82, 2.24) is 14.9 Å². The molecule has 1 saturated heterocycles. The molecular weight excluding hydrogens is 401 g/mol. The normalized spacial score (nSPS) is 14.9. The number of hydrogen-bond donors (Lipinski definition) is 0. The fourth-order valence-electron chi connectivity index (χ4n) is 3.13. The Morgan fingerprint density at radius 2 is 1.72 bits per heavy atom. The Morgan fingerprint density at radius 3 is 2.34 bits per heavy atom. The Bertz CT molecular complexity index is 981. The van der Waals surface area contributed by atoms with Crippen molar-refractivity contribution < 1.29 is 18.0 Å². The van der Waals surface area contributed by atoms with E-state index < -0.39 is 11.7 Å². The molecule has 0 atom stereocenters. The summed E-state index contributed by atoms with van der Waals surface area (Å²) in [6.45, 7) is 1.92. The first kappa shape index (κ1) is 19.4. The summed E-state index contributed by atoms with van der Waals surface area (Å²) < 4.78 is 38.0. The van der Waals surface area contributed by atoms with E-state index in [2.05, 4.69) is 9.97 Å². The van der Waals surface area contributed by atoms with Gasteiger partial charge in [-0.1, -0.05) is 30.3 Å². The zero-order chi connectivity index (χ0) is 20.4. The summed E-state index contributed by atoms with van der Waals surface area (Å²) in [4.78, 5) is 24.7. The molecule has 0 unspecified atom stereocenters. The summed E-state index contributed by atoms with van der Waals surface area (Å²) in [5, 5.41) is 2.55. The quantitative estimate of drug-likeness (QED) is 0.640. The van der Waals surface area contributed by atoms with Gasteiger partial charge in [0.05, 0.1) is 5.56 Å². The summed E-state index contributed by atoms with van der Waals surface area (Å²) >= 11 is 1.42. The van der Waals surface area contributed by atoms with Crippen molar-refractivity contribution in [3.8, 4) is 10.6 Å². The van der Waals surface area contributed by atoms with Crippen molar-refractivity contribution in [1.29, 1.82) is 0 Å². The van der Waals surface area contributed by atoms with Gasteiger partial charge in [-0.15, -0.1) is 11.3 Å². The van der Waals surface area contributed by atoms with Gasteiger partial charge in [0.15, 0.2) is 0 Å². The number of piperazine rings is 1. The van der Waals surface area contributed by atoms with Crippen LogP contribution in [-0.2, 0) is 6.18 Å². The van der Waals surface area contributed by atoms with Crippen molar-refractivity contribution >= 4 is 23.1 Å². The van der Waals surface area contributed by atoms with E-state index in [4.69, 9.17) is 0 Å². The van der Waals surface area contributed by atoms with Gasteiger partial charge >= 0.3 is 6.18 Å². The molecule has 0 bridgehead atoms. The van der Waals surface area contributed by atoms with Crippen LogP contribution >= 0.6 is 11.3 Å². The Hall–Kier alpha value is -2.94. The monoisotopic (exact) mass is 418 g/mol. The van der Waals surface area contributed by atoms with E-state index >= 15 is 0 Å². The number of hydrogen-bond acceptors (Lipinski definition) is 5. The van der Waals surface area contributed by atoms with Gasteiger partial charge in [-0.05, 0) is 12.1 Å². The number of amides is 1. The average molecular weight is 418 g/mol. The van der Waals surface area contributed by atoms with Crippen LogP contribution in [0.5, 0.6) is 0 Å². The van der Waals surface area contributed by atoms with Gasteiger partial charge in [0.25, 0.3) is 5.91 Å². The van der Waals surface area contributed by atoms with Gasteiger partial charge in [0.2, 0.25) is 0 Å². The molecule has 2 aromatic heterocycles. The van der Waals surface area contributed by atoms with Crippen LogP contribution in [0.25, 0.3) is 10.6 Å². The molecule has 0 spiro atoms. The van der Waals surface area contributed by atoms with Gasteiger partial charge in [0.1, 0.15) is 16.5 Å². The molecule has 3 aromatic rings. The van der Waals surface area contributed by atoms with E-state index in [1.807, 2.05) is 35.2 Å². The van der Waals surface area contributed by atoms with Crippen LogP contribution < -0.4 is 4.90 Å². The molecule has 1 amide bonds. The minimum Gasteiger partial charge on any atom is -0.353 e. The summed E-state index contributed by atoms with van der Waals surface area (Å²) in [6, 6.07) is 12.1. The van der Waals surface area contributed by atoms with Crippen molar-refractivity contribution in [3.05, 3.63) is 65.3 Å². The lowest BCUT2D eigenvalue weighted by Gasteiger charge is -2.35. The fourth-order valence-corrected chi connectivity index (χ4v) is 3.93. The van der Waals surface area contributed by atoms with Crippen LogP contribution in [0.2, 0.25) is 0 Å². The predicted molar refractivity (Wildman–Crippen MR) is 105 cm³/mol. The second-order valence-corrected chi connectivity index (χ2v) is 7.44. The third kappa shape index (κ3) is 4.24. The lowest BCUT2D eigenvalue weighted by molar-refractivity contribution is -0.137. The van der Waals surface area contributed by atoms with Gasteiger partial charge in [-0.25, -0.2) is 9.97 Å². The topological polar surface area (TPSA) is 49.3 Å². The molecule has 4 rings (SSSR count). The molecule has 1 aliphatic heterocycles. The largest absolute Gasteiger partial charge is 0.417 e. The van der Waals surface area contributed by atoms with E-state index in [-0.39, 0.29) is 5.91 Å². The first-order chi connectivity index (χ1) is 13.9. The maximum Gasteiger partial charge on any atom is 0.417 e. The summed E-state index contributed by atoms with van der Waals surface area (Å²) in [7, 11) is 0. The first-order valence-corrected chi connectivity index (χ1v) is 9.88. The highest BCUT2D eigenvalue weighted by molar-refractivity contribution is 7.13. The van der Waals surface area contributed by atoms with E-state index in [9.17, 15) is 18.0 Å². The number of aromatic nitrogens is 2. The molecule has 5 nitrogen and oxygen atoms in total. The smallest absolute Gasteiger partial charge is 0.353 e. The number of thiazole rings is 1. The van der Waals surface area contributed by atoms with Crippen molar-refractivity contribution in [2.24, 2.45) is 0 Å². The minimum atomic E-state index is -4.40. The van der Waals surface area contributed by atoms with Crippen LogP contribution in [0, 0.1) is 0 Å². The fraction of sp³-hybridized carbons (Fsp3) is 0.250. The van der Waals surface area contributed by atoms with Crippen LogP contribution in [0.15, 0.2) is 54.0 Å². The molecule has 0 saturated carbocycles. The molecule has 0 radical (unpaired) electrons. The van der Waals surface area contributed by atoms with Gasteiger partial charge in [-0.3, -0.25) is 4.79 Å². The molecule has 29 heavy (non-hydrogen) atoms. The Labute approximate surface area is 169 Å². The van der Waals surface area contributed by atoms with Crippen molar-refractivity contribution in [2.75, 3.05) is 31.1 Å². The Morgan fingerprint density at radius 1 is 1.00 bits per heavy atom. The molecule has 1 aromatic carbocycles. The van der Waals surface area contributed by atoms with Crippen LogP contribution in [0.3, 0.4) is 0 Å². The van der Waals surface area contributed by atoms with Crippen LogP contribution in [0.1, 0.15) is 16.1 Å². The molecule has 1 fully saturated rings. The minimum absolute atomic E-state index is 0.136. The lowest BCUT2D eigenvalue weighted by atomic mass is 10.2. The number of halogens is 3. The average Bonchev–Trinajstić information content (AvgIpc) is 3.24. The zero-order valence-corrected chi connectivity index (χ0v) is 16.1. The number of anilines is 1. The molecule has 0 N–H and O–H groups in total. The second-order valence-electron chi connectivity index (χ2n) is 6.59. The SMILES string of the molecule is O=C(c1csc(-c2ccccc2)n1)N1CCN(c2ccc(C(F)(F)F)cn2)CC1. The van der Waals surface area contributed by atoms with Gasteiger partial charge in [-0.2, -0.15) is 13.2 Å². The van der Waals surface area contributed by atoms with Crippen molar-refractivity contribution in [3.63, 3.8) is 0 Å². The maximum atomic E-state index is 12.8. The number of carbonyl (C=O) groups excluding carboxylic acids is 1. The summed E-state index contributed by atoms with van der Waals surface area (Å²) in [5.74, 6) is 0.341. The van der Waals surface area contributed by atoms with Crippen LogP contribution in [-0.4, -0.2) is 47.0 Å². The van der Waals surface area contributed by atoms with Crippen molar-refractivity contribution in [2.45, 2.75) is 6.18 Å². The molecule has 150 valence electrons. The van der Waals surface area contributed by atoms with E-state index in [0.717, 1.165) is 22.8 Å². The third-order valence-electron chi connectivity index (χ3n) is 4.71. The van der Waals surface area contributed by atoms with E-state index in [1.165, 1.54) is 17.4 Å². The Kier molecular flexibility index (Phi) is 5.23. The second kappa shape index (κ2) is 7.82. The number of rotatable bonds is 3. The van der Waals surface area contributed by atoms with E-state index in [0.29, 0.717) is 37.7 Å². The standard InChI is InChI=1S/C20H17F3N4OS/c21-20(22,23)15-6-7-17(24-12-15)26-8-10-27(11-9-26)19(28)16-13-29-18(25-16)14-4-2-1-3-5-14/h1-7,12-13H,8-11H2. The van der Waals surface area contributed by atoms with Gasteiger partial charge < -0.3 is 9.80 Å². The first-order valence-electron chi connectivity index (χ1n) is 9.00. The van der Waals surface area contributed by atoms with Crippen LogP contribution in [0.4, 0.5) is 19.0 Å². The summed E-state index contributed by atoms with van der Waals surface area (Å²) in [6.07, 6.45) is -3.56. The Balaban J connectivity index is 1.38. The molecular formula is C20H17F3N4OS. The highest BCUT2D eigenvalue weighted by Crippen LogP contribution is 2.29. The summed E-state index contributed by atoms with van der Waals surface area (Å²) in [5.41, 5.74) is 0.609. The molecule has 9 heteroatoms. The lowest BCUT2D eigenvalue weighted by Crippen LogP contribution is -2.49. The van der Waals surface area contributed by atoms with E-state index in [1.54, 1.807) is 10.3 Å². The number of alkyl halides is 3. The zero-order valence-electron chi connectivity index (χ0n) is 15.3. The number of carbonyl (C=O) groups is 1. The highest BCUT2D eigenvalue weighted by Gasteiger charge is 2.31. The maximum absolute atomic E-state index is 12.8. The predicted octanol–water partition coefficient (Wildman–Crippen LogP) is 4.19. The number of benzene rings is 1. The molecule has 0 aliphatic carbocycles. The highest BCUT2D eigenvalue weighted by atomic mass is 32.1. The molecule has 1 aliphatic rings. The number of nitrogens with zero attached hydrogens (tertiary/aromatic N) is 4.